The fourth-order valence-electron chi connectivity index (χ4n) is 2.84. The fraction of sp³-hybridized carbons (Fsp3) is 0.571. The highest BCUT2D eigenvalue weighted by atomic mass is 16.5. The highest BCUT2D eigenvalue weighted by Gasteiger charge is 2.22. The lowest BCUT2D eigenvalue weighted by atomic mass is 9.98. The smallest absolute Gasteiger partial charge is 0.240 e. The van der Waals surface area contributed by atoms with Crippen LogP contribution in [-0.4, -0.2) is 50.4 Å². The second-order valence-electron chi connectivity index (χ2n) is 5.74. The third-order valence-electron chi connectivity index (χ3n) is 3.77. The molecule has 1 aliphatic rings. The Bertz CT molecular complexity index is 609. The molecule has 118 valence electrons. The van der Waals surface area contributed by atoms with E-state index in [1.165, 1.54) is 0 Å². The number of aryl methyl sites for hydroxylation is 1. The van der Waals surface area contributed by atoms with Crippen LogP contribution in [-0.2, 0) is 11.3 Å². The van der Waals surface area contributed by atoms with Crippen molar-refractivity contribution in [2.24, 2.45) is 5.92 Å². The predicted octanol–water partition coefficient (Wildman–Crippen LogP) is 0.925. The largest absolute Gasteiger partial charge is 0.338 e. The number of carbonyl (C=O) groups excluding carboxylic acids is 1. The van der Waals surface area contributed by atoms with Crippen LogP contribution in [0.5, 0.6) is 0 Å². The van der Waals surface area contributed by atoms with Crippen molar-refractivity contribution in [3.63, 3.8) is 0 Å². The SMILES string of the molecule is Cc1cc(NC(=O)CN2CCCC(Cn3cncn3)C2)on1. The topological polar surface area (TPSA) is 89.1 Å². The Hall–Kier alpha value is -2.22. The summed E-state index contributed by atoms with van der Waals surface area (Å²) >= 11 is 0. The molecular formula is C14H20N6O2. The Morgan fingerprint density at radius 2 is 2.45 bits per heavy atom. The summed E-state index contributed by atoms with van der Waals surface area (Å²) in [6, 6.07) is 1.71. The molecule has 0 bridgehead atoms. The van der Waals surface area contributed by atoms with Crippen molar-refractivity contribution >= 4 is 11.8 Å². The lowest BCUT2D eigenvalue weighted by Gasteiger charge is -2.31. The van der Waals surface area contributed by atoms with E-state index in [2.05, 4.69) is 25.5 Å². The number of likely N-dealkylation sites (tertiary alicyclic amines) is 1. The predicted molar refractivity (Wildman–Crippen MR) is 79.1 cm³/mol. The van der Waals surface area contributed by atoms with Gasteiger partial charge in [0.25, 0.3) is 0 Å². The van der Waals surface area contributed by atoms with E-state index in [9.17, 15) is 4.79 Å². The molecule has 1 aliphatic heterocycles. The molecule has 0 radical (unpaired) electrons. The maximum atomic E-state index is 12.0. The summed E-state index contributed by atoms with van der Waals surface area (Å²) in [6.45, 7) is 4.87. The highest BCUT2D eigenvalue weighted by molar-refractivity contribution is 5.90. The van der Waals surface area contributed by atoms with E-state index in [0.29, 0.717) is 18.3 Å². The zero-order valence-corrected chi connectivity index (χ0v) is 12.6. The zero-order valence-electron chi connectivity index (χ0n) is 12.6. The third-order valence-corrected chi connectivity index (χ3v) is 3.77. The number of nitrogens with one attached hydrogen (secondary N) is 1. The monoisotopic (exact) mass is 304 g/mol. The summed E-state index contributed by atoms with van der Waals surface area (Å²) in [7, 11) is 0. The molecule has 8 nitrogen and oxygen atoms in total. The molecule has 0 saturated carbocycles. The van der Waals surface area contributed by atoms with E-state index in [1.54, 1.807) is 18.7 Å². The van der Waals surface area contributed by atoms with Crippen LogP contribution >= 0.6 is 0 Å². The number of rotatable bonds is 5. The zero-order chi connectivity index (χ0) is 15.4. The first-order chi connectivity index (χ1) is 10.7. The molecule has 1 saturated heterocycles. The third kappa shape index (κ3) is 3.91. The fourth-order valence-corrected chi connectivity index (χ4v) is 2.84. The van der Waals surface area contributed by atoms with Crippen molar-refractivity contribution in [3.05, 3.63) is 24.4 Å². The molecule has 2 aromatic heterocycles. The molecule has 0 aliphatic carbocycles. The van der Waals surface area contributed by atoms with Crippen molar-refractivity contribution in [2.75, 3.05) is 25.0 Å². The van der Waals surface area contributed by atoms with Crippen LogP contribution in [0.4, 0.5) is 5.88 Å². The van der Waals surface area contributed by atoms with E-state index in [4.69, 9.17) is 4.52 Å². The maximum absolute atomic E-state index is 12.0. The Labute approximate surface area is 128 Å². The van der Waals surface area contributed by atoms with Gasteiger partial charge < -0.3 is 4.52 Å². The number of hydrogen-bond acceptors (Lipinski definition) is 6. The summed E-state index contributed by atoms with van der Waals surface area (Å²) in [5.41, 5.74) is 0.751. The van der Waals surface area contributed by atoms with E-state index < -0.39 is 0 Å². The van der Waals surface area contributed by atoms with Gasteiger partial charge in [0.15, 0.2) is 0 Å². The van der Waals surface area contributed by atoms with Gasteiger partial charge in [0, 0.05) is 19.2 Å². The molecule has 0 aromatic carbocycles. The molecule has 1 unspecified atom stereocenters. The van der Waals surface area contributed by atoms with Gasteiger partial charge in [-0.05, 0) is 32.2 Å². The normalized spacial score (nSPS) is 19.2. The van der Waals surface area contributed by atoms with E-state index in [0.717, 1.165) is 38.2 Å². The van der Waals surface area contributed by atoms with Gasteiger partial charge in [-0.1, -0.05) is 5.16 Å². The van der Waals surface area contributed by atoms with E-state index in [-0.39, 0.29) is 5.91 Å². The average molecular weight is 304 g/mol. The number of anilines is 1. The first-order valence-corrected chi connectivity index (χ1v) is 7.47. The average Bonchev–Trinajstić information content (AvgIpc) is 3.11. The second-order valence-corrected chi connectivity index (χ2v) is 5.74. The van der Waals surface area contributed by atoms with Gasteiger partial charge >= 0.3 is 0 Å². The molecule has 0 spiro atoms. The maximum Gasteiger partial charge on any atom is 0.240 e. The Morgan fingerprint density at radius 1 is 1.55 bits per heavy atom. The minimum Gasteiger partial charge on any atom is -0.338 e. The van der Waals surface area contributed by atoms with Gasteiger partial charge in [-0.3, -0.25) is 19.7 Å². The van der Waals surface area contributed by atoms with Crippen molar-refractivity contribution in [1.82, 2.24) is 24.8 Å². The Kier molecular flexibility index (Phi) is 4.47. The molecule has 8 heteroatoms. The van der Waals surface area contributed by atoms with Crippen LogP contribution in [0.2, 0.25) is 0 Å². The summed E-state index contributed by atoms with van der Waals surface area (Å²) in [4.78, 5) is 18.2. The molecule has 3 heterocycles. The first kappa shape index (κ1) is 14.7. The van der Waals surface area contributed by atoms with E-state index in [1.807, 2.05) is 11.6 Å². The van der Waals surface area contributed by atoms with Gasteiger partial charge in [0.2, 0.25) is 11.8 Å². The van der Waals surface area contributed by atoms with Gasteiger partial charge in [0.05, 0.1) is 12.2 Å². The van der Waals surface area contributed by atoms with Crippen molar-refractivity contribution < 1.29 is 9.32 Å². The van der Waals surface area contributed by atoms with Gasteiger partial charge in [-0.2, -0.15) is 5.10 Å². The van der Waals surface area contributed by atoms with Crippen molar-refractivity contribution in [1.29, 1.82) is 0 Å². The standard InChI is InChI=1S/C14H20N6O2/c1-11-5-14(22-18-11)17-13(21)8-19-4-2-3-12(6-19)7-20-10-15-9-16-20/h5,9-10,12H,2-4,6-8H2,1H3,(H,17,21). The number of nitrogens with zero attached hydrogens (tertiary/aromatic N) is 5. The molecular weight excluding hydrogens is 284 g/mol. The highest BCUT2D eigenvalue weighted by Crippen LogP contribution is 2.18. The van der Waals surface area contributed by atoms with Crippen molar-refractivity contribution in [2.45, 2.75) is 26.3 Å². The van der Waals surface area contributed by atoms with Crippen molar-refractivity contribution in [3.8, 4) is 0 Å². The van der Waals surface area contributed by atoms with Crippen LogP contribution in [0.1, 0.15) is 18.5 Å². The van der Waals surface area contributed by atoms with Crippen LogP contribution in [0.3, 0.4) is 0 Å². The van der Waals surface area contributed by atoms with Gasteiger partial charge in [-0.25, -0.2) is 4.98 Å². The second kappa shape index (κ2) is 6.69. The number of hydrogen-bond donors (Lipinski definition) is 1. The number of aromatic nitrogens is 4. The molecule has 2 aromatic rings. The molecule has 3 rings (SSSR count). The van der Waals surface area contributed by atoms with E-state index >= 15 is 0 Å². The summed E-state index contributed by atoms with van der Waals surface area (Å²) < 4.78 is 6.85. The van der Waals surface area contributed by atoms with Crippen LogP contribution in [0.25, 0.3) is 0 Å². The molecule has 1 fully saturated rings. The summed E-state index contributed by atoms with van der Waals surface area (Å²) in [5, 5.41) is 10.6. The van der Waals surface area contributed by atoms with Crippen LogP contribution < -0.4 is 5.32 Å². The lowest BCUT2D eigenvalue weighted by Crippen LogP contribution is -2.41. The first-order valence-electron chi connectivity index (χ1n) is 7.47. The summed E-state index contributed by atoms with van der Waals surface area (Å²) in [6.07, 6.45) is 5.53. The molecule has 1 atom stereocenters. The summed E-state index contributed by atoms with van der Waals surface area (Å²) in [5.74, 6) is 0.826. The van der Waals surface area contributed by atoms with Crippen LogP contribution in [0, 0.1) is 12.8 Å². The van der Waals surface area contributed by atoms with Crippen LogP contribution in [0.15, 0.2) is 23.2 Å². The Balaban J connectivity index is 1.48. The molecule has 1 amide bonds. The molecule has 1 N–H and O–H groups in total. The Morgan fingerprint density at radius 3 is 3.18 bits per heavy atom. The number of carbonyl (C=O) groups is 1. The molecule has 22 heavy (non-hydrogen) atoms. The minimum absolute atomic E-state index is 0.0717. The quantitative estimate of drug-likeness (QED) is 0.883. The lowest BCUT2D eigenvalue weighted by molar-refractivity contribution is -0.117. The minimum atomic E-state index is -0.0717. The van der Waals surface area contributed by atoms with Gasteiger partial charge in [-0.15, -0.1) is 0 Å². The number of amides is 1. The number of piperidine rings is 1. The van der Waals surface area contributed by atoms with Gasteiger partial charge in [0.1, 0.15) is 12.7 Å².